The summed E-state index contributed by atoms with van der Waals surface area (Å²) >= 11 is 3.35. The van der Waals surface area contributed by atoms with Crippen molar-refractivity contribution in [2.75, 3.05) is 5.73 Å². The summed E-state index contributed by atoms with van der Waals surface area (Å²) in [6.07, 6.45) is 0. The third-order valence-corrected chi connectivity index (χ3v) is 3.55. The average Bonchev–Trinajstić information content (AvgIpc) is 2.46. The van der Waals surface area contributed by atoms with Crippen LogP contribution in [0.4, 0.5) is 11.4 Å². The van der Waals surface area contributed by atoms with Gasteiger partial charge < -0.3 is 10.5 Å². The molecule has 0 atom stereocenters. The summed E-state index contributed by atoms with van der Waals surface area (Å²) < 4.78 is 5.96. The number of nitrogen functional groups attached to an aromatic ring is 1. The topological polar surface area (TPSA) is 95.5 Å². The van der Waals surface area contributed by atoms with Gasteiger partial charge in [-0.3, -0.25) is 10.1 Å². The lowest BCUT2D eigenvalue weighted by Gasteiger charge is -2.07. The van der Waals surface area contributed by atoms with Crippen LogP contribution in [0.3, 0.4) is 0 Å². The zero-order chi connectivity index (χ0) is 15.4. The van der Waals surface area contributed by atoms with Gasteiger partial charge in [-0.15, -0.1) is 0 Å². The van der Waals surface area contributed by atoms with Crippen molar-refractivity contribution in [3.8, 4) is 0 Å². The molecule has 0 saturated carbocycles. The third-order valence-electron chi connectivity index (χ3n) is 2.78. The van der Waals surface area contributed by atoms with Gasteiger partial charge in [-0.2, -0.15) is 0 Å². The van der Waals surface area contributed by atoms with Crippen LogP contribution < -0.4 is 5.73 Å². The molecule has 6 nitrogen and oxygen atoms in total. The second-order valence-corrected chi connectivity index (χ2v) is 5.05. The van der Waals surface area contributed by atoms with Crippen LogP contribution in [-0.2, 0) is 11.3 Å². The molecule has 2 aromatic rings. The number of esters is 1. The Labute approximate surface area is 128 Å². The lowest BCUT2D eigenvalue weighted by Crippen LogP contribution is -2.07. The summed E-state index contributed by atoms with van der Waals surface area (Å²) in [6.45, 7) is 0.0679. The minimum absolute atomic E-state index is 0.00218. The Morgan fingerprint density at radius 3 is 2.67 bits per heavy atom. The van der Waals surface area contributed by atoms with E-state index in [1.54, 1.807) is 0 Å². The molecule has 108 valence electrons. The van der Waals surface area contributed by atoms with Gasteiger partial charge >= 0.3 is 5.97 Å². The summed E-state index contributed by atoms with van der Waals surface area (Å²) in [5.41, 5.74) is 6.05. The third kappa shape index (κ3) is 3.57. The molecule has 0 unspecified atom stereocenters. The molecule has 0 aliphatic rings. The first-order chi connectivity index (χ1) is 9.99. The summed E-state index contributed by atoms with van der Waals surface area (Å²) in [6, 6.07) is 11.1. The Balaban J connectivity index is 2.12. The second kappa shape index (κ2) is 6.36. The maximum atomic E-state index is 11.9. The maximum Gasteiger partial charge on any atom is 0.338 e. The lowest BCUT2D eigenvalue weighted by molar-refractivity contribution is -0.383. The number of hydrogen-bond donors (Lipinski definition) is 1. The highest BCUT2D eigenvalue weighted by atomic mass is 79.9. The van der Waals surface area contributed by atoms with Gasteiger partial charge in [-0.1, -0.05) is 34.1 Å². The Morgan fingerprint density at radius 1 is 1.29 bits per heavy atom. The van der Waals surface area contributed by atoms with Gasteiger partial charge in [0.05, 0.1) is 10.5 Å². The smallest absolute Gasteiger partial charge is 0.338 e. The van der Waals surface area contributed by atoms with Crippen LogP contribution in [0.1, 0.15) is 15.9 Å². The minimum atomic E-state index is -0.645. The number of nitro benzene ring substituents is 1. The summed E-state index contributed by atoms with van der Waals surface area (Å²) in [4.78, 5) is 22.1. The molecule has 0 aliphatic carbocycles. The fourth-order valence-electron chi connectivity index (χ4n) is 1.67. The number of benzene rings is 2. The number of nitrogens with two attached hydrogens (primary N) is 1. The van der Waals surface area contributed by atoms with Crippen LogP contribution in [0.5, 0.6) is 0 Å². The maximum absolute atomic E-state index is 11.9. The van der Waals surface area contributed by atoms with Crippen molar-refractivity contribution in [3.63, 3.8) is 0 Å². The van der Waals surface area contributed by atoms with Crippen LogP contribution in [-0.4, -0.2) is 10.9 Å². The van der Waals surface area contributed by atoms with E-state index in [-0.39, 0.29) is 23.5 Å². The molecule has 0 saturated heterocycles. The number of nitro groups is 1. The van der Waals surface area contributed by atoms with E-state index < -0.39 is 10.9 Å². The van der Waals surface area contributed by atoms with Crippen LogP contribution in [0.2, 0.25) is 0 Å². The van der Waals surface area contributed by atoms with E-state index in [0.717, 1.165) is 16.1 Å². The first-order valence-corrected chi connectivity index (χ1v) is 6.73. The van der Waals surface area contributed by atoms with Crippen LogP contribution in [0, 0.1) is 10.1 Å². The van der Waals surface area contributed by atoms with Gasteiger partial charge in [0.2, 0.25) is 0 Å². The fourth-order valence-corrected chi connectivity index (χ4v) is 2.07. The van der Waals surface area contributed by atoms with E-state index in [1.165, 1.54) is 12.1 Å². The molecule has 2 N–H and O–H groups in total. The minimum Gasteiger partial charge on any atom is -0.457 e. The van der Waals surface area contributed by atoms with E-state index >= 15 is 0 Å². The number of rotatable bonds is 4. The lowest BCUT2D eigenvalue weighted by atomic mass is 10.2. The van der Waals surface area contributed by atoms with Gasteiger partial charge in [-0.05, 0) is 18.2 Å². The van der Waals surface area contributed by atoms with Crippen LogP contribution in [0.15, 0.2) is 46.9 Å². The number of ether oxygens (including phenoxy) is 1. The number of anilines is 1. The molecule has 0 heterocycles. The zero-order valence-electron chi connectivity index (χ0n) is 10.8. The highest BCUT2D eigenvalue weighted by molar-refractivity contribution is 9.10. The fraction of sp³-hybridized carbons (Fsp3) is 0.0714. The normalized spacial score (nSPS) is 10.1. The van der Waals surface area contributed by atoms with Crippen LogP contribution >= 0.6 is 15.9 Å². The Bertz CT molecular complexity index is 703. The molecule has 0 fully saturated rings. The van der Waals surface area contributed by atoms with E-state index in [1.807, 2.05) is 24.3 Å². The highest BCUT2D eigenvalue weighted by Crippen LogP contribution is 2.23. The zero-order valence-corrected chi connectivity index (χ0v) is 12.4. The second-order valence-electron chi connectivity index (χ2n) is 4.20. The molecule has 21 heavy (non-hydrogen) atoms. The van der Waals surface area contributed by atoms with E-state index in [4.69, 9.17) is 10.5 Å². The van der Waals surface area contributed by atoms with Gasteiger partial charge in [0.1, 0.15) is 12.3 Å². The monoisotopic (exact) mass is 350 g/mol. The molecule has 0 radical (unpaired) electrons. The molecule has 7 heteroatoms. The van der Waals surface area contributed by atoms with Crippen molar-refractivity contribution in [1.82, 2.24) is 0 Å². The Hall–Kier alpha value is -2.41. The number of carbonyl (C=O) groups excluding carboxylic acids is 1. The average molecular weight is 351 g/mol. The van der Waals surface area contributed by atoms with Crippen molar-refractivity contribution in [1.29, 1.82) is 0 Å². The van der Waals surface area contributed by atoms with Gasteiger partial charge in [0.25, 0.3) is 5.69 Å². The predicted molar refractivity (Wildman–Crippen MR) is 80.8 cm³/mol. The first kappa shape index (κ1) is 15.0. The standard InChI is InChI=1S/C14H11BrN2O4/c15-11-4-2-1-3-10(11)8-21-14(18)9-5-6-12(16)13(7-9)17(19)20/h1-7H,8,16H2. The molecule has 0 spiro atoms. The number of nitrogens with zero attached hydrogens (tertiary/aromatic N) is 1. The predicted octanol–water partition coefficient (Wildman–Crippen LogP) is 3.30. The summed E-state index contributed by atoms with van der Waals surface area (Å²) in [5.74, 6) is -0.645. The molecule has 0 bridgehead atoms. The van der Waals surface area contributed by atoms with Crippen molar-refractivity contribution in [2.45, 2.75) is 6.61 Å². The molecule has 0 aromatic heterocycles. The van der Waals surface area contributed by atoms with Crippen molar-refractivity contribution >= 4 is 33.3 Å². The summed E-state index contributed by atoms with van der Waals surface area (Å²) in [7, 11) is 0. The Kier molecular flexibility index (Phi) is 4.54. The van der Waals surface area contributed by atoms with Crippen LogP contribution in [0.25, 0.3) is 0 Å². The molecule has 2 rings (SSSR count). The van der Waals surface area contributed by atoms with E-state index in [0.29, 0.717) is 0 Å². The number of carbonyl (C=O) groups is 1. The van der Waals surface area contributed by atoms with Gasteiger partial charge in [0.15, 0.2) is 0 Å². The quantitative estimate of drug-likeness (QED) is 0.395. The van der Waals surface area contributed by atoms with Gasteiger partial charge in [0, 0.05) is 16.1 Å². The molecule has 2 aromatic carbocycles. The molecular weight excluding hydrogens is 340 g/mol. The molecular formula is C14H11BrN2O4. The van der Waals surface area contributed by atoms with Crippen molar-refractivity contribution < 1.29 is 14.5 Å². The Morgan fingerprint density at radius 2 is 2.00 bits per heavy atom. The van der Waals surface area contributed by atoms with Gasteiger partial charge in [-0.25, -0.2) is 4.79 Å². The number of halogens is 1. The molecule has 0 aliphatic heterocycles. The summed E-state index contributed by atoms with van der Waals surface area (Å²) in [5, 5.41) is 10.8. The van der Waals surface area contributed by atoms with Crippen molar-refractivity contribution in [2.24, 2.45) is 0 Å². The van der Waals surface area contributed by atoms with Crippen molar-refractivity contribution in [3.05, 3.63) is 68.2 Å². The first-order valence-electron chi connectivity index (χ1n) is 5.93. The van der Waals surface area contributed by atoms with E-state index in [2.05, 4.69) is 15.9 Å². The molecule has 0 amide bonds. The number of hydrogen-bond acceptors (Lipinski definition) is 5. The SMILES string of the molecule is Nc1ccc(C(=O)OCc2ccccc2Br)cc1[N+](=O)[O-]. The largest absolute Gasteiger partial charge is 0.457 e. The highest BCUT2D eigenvalue weighted by Gasteiger charge is 2.16. The van der Waals surface area contributed by atoms with E-state index in [9.17, 15) is 14.9 Å².